The largest absolute Gasteiger partial charge is 0.468 e. The lowest BCUT2D eigenvalue weighted by molar-refractivity contribution is -0.157. The summed E-state index contributed by atoms with van der Waals surface area (Å²) in [5, 5.41) is 8.61. The highest BCUT2D eigenvalue weighted by Gasteiger charge is 2.43. The first-order valence-corrected chi connectivity index (χ1v) is 4.51. The molecule has 4 heteroatoms. The van der Waals surface area contributed by atoms with E-state index in [0.717, 1.165) is 0 Å². The Labute approximate surface area is 83.9 Å². The van der Waals surface area contributed by atoms with Crippen LogP contribution in [0.5, 0.6) is 0 Å². The lowest BCUT2D eigenvalue weighted by atomic mass is 9.77. The minimum absolute atomic E-state index is 0.108. The van der Waals surface area contributed by atoms with Crippen LogP contribution in [0.1, 0.15) is 33.1 Å². The maximum Gasteiger partial charge on any atom is 0.320 e. The van der Waals surface area contributed by atoms with Gasteiger partial charge in [0.1, 0.15) is 11.2 Å². The number of nitriles is 1. The number of nitrogens with zero attached hydrogens (tertiary/aromatic N) is 1. The fraction of sp³-hybridized carbons (Fsp3) is 0.700. The first-order valence-electron chi connectivity index (χ1n) is 4.51. The molecule has 0 aliphatic carbocycles. The summed E-state index contributed by atoms with van der Waals surface area (Å²) in [6.07, 6.45) is 0.918. The van der Waals surface area contributed by atoms with Gasteiger partial charge in [0.15, 0.2) is 0 Å². The van der Waals surface area contributed by atoms with Crippen LogP contribution in [0.4, 0.5) is 0 Å². The molecule has 1 atom stereocenters. The second kappa shape index (κ2) is 5.38. The van der Waals surface area contributed by atoms with Gasteiger partial charge in [-0.2, -0.15) is 5.26 Å². The molecule has 0 saturated carbocycles. The third-order valence-corrected chi connectivity index (χ3v) is 2.31. The van der Waals surface area contributed by atoms with Crippen LogP contribution < -0.4 is 0 Å². The van der Waals surface area contributed by atoms with Gasteiger partial charge in [0.05, 0.1) is 19.6 Å². The first kappa shape index (κ1) is 12.6. The first-order chi connectivity index (χ1) is 6.55. The number of ketones is 1. The molecule has 0 aliphatic heterocycles. The van der Waals surface area contributed by atoms with Gasteiger partial charge in [0.2, 0.25) is 0 Å². The van der Waals surface area contributed by atoms with Gasteiger partial charge >= 0.3 is 5.97 Å². The Hall–Kier alpha value is -1.37. The van der Waals surface area contributed by atoms with Gasteiger partial charge < -0.3 is 4.74 Å². The van der Waals surface area contributed by atoms with Gasteiger partial charge in [-0.3, -0.25) is 9.59 Å². The zero-order valence-electron chi connectivity index (χ0n) is 8.79. The van der Waals surface area contributed by atoms with Crippen molar-refractivity contribution < 1.29 is 14.3 Å². The van der Waals surface area contributed by atoms with Crippen molar-refractivity contribution in [3.05, 3.63) is 0 Å². The van der Waals surface area contributed by atoms with E-state index in [9.17, 15) is 9.59 Å². The van der Waals surface area contributed by atoms with Crippen molar-refractivity contribution in [2.24, 2.45) is 5.41 Å². The van der Waals surface area contributed by atoms with E-state index in [4.69, 9.17) is 5.26 Å². The number of hydrogen-bond donors (Lipinski definition) is 0. The summed E-state index contributed by atoms with van der Waals surface area (Å²) in [5.41, 5.74) is -1.25. The van der Waals surface area contributed by atoms with Gasteiger partial charge in [-0.15, -0.1) is 0 Å². The van der Waals surface area contributed by atoms with Crippen molar-refractivity contribution in [2.45, 2.75) is 33.1 Å². The second-order valence-corrected chi connectivity index (χ2v) is 3.21. The number of rotatable bonds is 5. The highest BCUT2D eigenvalue weighted by Crippen LogP contribution is 2.30. The molecule has 0 aromatic carbocycles. The molecule has 0 amide bonds. The van der Waals surface area contributed by atoms with E-state index in [1.807, 2.05) is 13.0 Å². The standard InChI is InChI=1S/C10H15NO3/c1-4-5-10(6-7-11,8(2)12)9(13)14-3/h4-6H2,1-3H3. The van der Waals surface area contributed by atoms with Gasteiger partial charge in [0.25, 0.3) is 0 Å². The number of methoxy groups -OCH3 is 1. The summed E-state index contributed by atoms with van der Waals surface area (Å²) < 4.78 is 4.57. The smallest absolute Gasteiger partial charge is 0.320 e. The molecule has 0 heterocycles. The van der Waals surface area contributed by atoms with Crippen LogP contribution in [0.2, 0.25) is 0 Å². The molecule has 0 fully saturated rings. The summed E-state index contributed by atoms with van der Waals surface area (Å²) in [5.74, 6) is -0.902. The summed E-state index contributed by atoms with van der Waals surface area (Å²) in [7, 11) is 1.23. The zero-order chi connectivity index (χ0) is 11.2. The van der Waals surface area contributed by atoms with Crippen molar-refractivity contribution in [3.63, 3.8) is 0 Å². The van der Waals surface area contributed by atoms with E-state index in [1.54, 1.807) is 0 Å². The van der Waals surface area contributed by atoms with E-state index in [2.05, 4.69) is 4.74 Å². The minimum Gasteiger partial charge on any atom is -0.468 e. The molecular weight excluding hydrogens is 182 g/mol. The van der Waals surface area contributed by atoms with E-state index in [-0.39, 0.29) is 12.2 Å². The highest BCUT2D eigenvalue weighted by molar-refractivity contribution is 6.02. The van der Waals surface area contributed by atoms with Crippen LogP contribution in [-0.4, -0.2) is 18.9 Å². The molecule has 0 bridgehead atoms. The molecule has 0 aromatic heterocycles. The van der Waals surface area contributed by atoms with Gasteiger partial charge in [0, 0.05) is 0 Å². The molecule has 0 spiro atoms. The third-order valence-electron chi connectivity index (χ3n) is 2.31. The topological polar surface area (TPSA) is 67.2 Å². The Morgan fingerprint density at radius 1 is 1.50 bits per heavy atom. The van der Waals surface area contributed by atoms with Crippen LogP contribution in [0.25, 0.3) is 0 Å². The van der Waals surface area contributed by atoms with Gasteiger partial charge in [-0.25, -0.2) is 0 Å². The molecule has 14 heavy (non-hydrogen) atoms. The maximum atomic E-state index is 11.5. The van der Waals surface area contributed by atoms with E-state index in [1.165, 1.54) is 14.0 Å². The SMILES string of the molecule is CCCC(CC#N)(C(C)=O)C(=O)OC. The number of esters is 1. The normalized spacial score (nSPS) is 13.9. The Bertz CT molecular complexity index is 267. The molecule has 0 aliphatic rings. The van der Waals surface area contributed by atoms with Crippen LogP contribution >= 0.6 is 0 Å². The number of hydrogen-bond acceptors (Lipinski definition) is 4. The number of ether oxygens (including phenoxy) is 1. The Balaban J connectivity index is 5.05. The molecule has 0 aromatic rings. The monoisotopic (exact) mass is 197 g/mol. The Morgan fingerprint density at radius 3 is 2.36 bits per heavy atom. The van der Waals surface area contributed by atoms with Crippen molar-refractivity contribution in [1.82, 2.24) is 0 Å². The summed E-state index contributed by atoms with van der Waals surface area (Å²) in [6.45, 7) is 3.18. The van der Waals surface area contributed by atoms with Gasteiger partial charge in [-0.05, 0) is 13.3 Å². The summed E-state index contributed by atoms with van der Waals surface area (Å²) >= 11 is 0. The lowest BCUT2D eigenvalue weighted by Gasteiger charge is -2.24. The lowest BCUT2D eigenvalue weighted by Crippen LogP contribution is -2.38. The quantitative estimate of drug-likeness (QED) is 0.494. The highest BCUT2D eigenvalue weighted by atomic mass is 16.5. The number of carbonyl (C=O) groups excluding carboxylic acids is 2. The molecule has 0 N–H and O–H groups in total. The molecular formula is C10H15NO3. The third kappa shape index (κ3) is 2.32. The van der Waals surface area contributed by atoms with E-state index in [0.29, 0.717) is 12.8 Å². The average Bonchev–Trinajstić information content (AvgIpc) is 2.15. The molecule has 0 rings (SSSR count). The van der Waals surface area contributed by atoms with E-state index >= 15 is 0 Å². The molecule has 1 unspecified atom stereocenters. The fourth-order valence-electron chi connectivity index (χ4n) is 1.46. The minimum atomic E-state index is -1.25. The average molecular weight is 197 g/mol. The molecule has 4 nitrogen and oxygen atoms in total. The molecule has 0 saturated heterocycles. The molecule has 0 radical (unpaired) electrons. The predicted octanol–water partition coefficient (Wildman–Crippen LogP) is 1.45. The predicted molar refractivity (Wildman–Crippen MR) is 50.3 cm³/mol. The van der Waals surface area contributed by atoms with Crippen molar-refractivity contribution in [1.29, 1.82) is 5.26 Å². The Morgan fingerprint density at radius 2 is 2.07 bits per heavy atom. The maximum absolute atomic E-state index is 11.5. The van der Waals surface area contributed by atoms with Crippen molar-refractivity contribution in [3.8, 4) is 6.07 Å². The van der Waals surface area contributed by atoms with E-state index < -0.39 is 11.4 Å². The van der Waals surface area contributed by atoms with Crippen molar-refractivity contribution in [2.75, 3.05) is 7.11 Å². The van der Waals surface area contributed by atoms with Crippen molar-refractivity contribution >= 4 is 11.8 Å². The van der Waals surface area contributed by atoms with Crippen LogP contribution in [0.15, 0.2) is 0 Å². The Kier molecular flexibility index (Phi) is 4.85. The van der Waals surface area contributed by atoms with Crippen LogP contribution in [-0.2, 0) is 14.3 Å². The summed E-state index contributed by atoms with van der Waals surface area (Å²) in [4.78, 5) is 22.9. The van der Waals surface area contributed by atoms with Crippen LogP contribution in [0, 0.1) is 16.7 Å². The number of Topliss-reactive ketones (excluding diaryl/α,β-unsaturated/α-hetero) is 1. The van der Waals surface area contributed by atoms with Gasteiger partial charge in [-0.1, -0.05) is 13.3 Å². The van der Waals surface area contributed by atoms with Crippen LogP contribution in [0.3, 0.4) is 0 Å². The number of carbonyl (C=O) groups is 2. The summed E-state index contributed by atoms with van der Waals surface area (Å²) in [6, 6.07) is 1.87. The second-order valence-electron chi connectivity index (χ2n) is 3.21. The molecule has 78 valence electrons. The fourth-order valence-corrected chi connectivity index (χ4v) is 1.46. The zero-order valence-corrected chi connectivity index (χ0v) is 8.79.